The molecule has 0 unspecified atom stereocenters. The van der Waals surface area contributed by atoms with E-state index >= 15 is 0 Å². The Bertz CT molecular complexity index is 1030. The second-order valence-corrected chi connectivity index (χ2v) is 6.58. The molecular formula is C22H17F3N2O. The molecule has 142 valence electrons. The van der Waals surface area contributed by atoms with Gasteiger partial charge in [0.25, 0.3) is 5.91 Å². The number of carbonyl (C=O) groups excluding carboxylic acids is 1. The molecule has 0 spiro atoms. The normalized spacial score (nSPS) is 13.0. The lowest BCUT2D eigenvalue weighted by Crippen LogP contribution is -2.14. The van der Waals surface area contributed by atoms with Crippen LogP contribution in [0.5, 0.6) is 0 Å². The lowest BCUT2D eigenvalue weighted by Gasteiger charge is -2.13. The van der Waals surface area contributed by atoms with Crippen LogP contribution in [0, 0.1) is 0 Å². The van der Waals surface area contributed by atoms with E-state index in [4.69, 9.17) is 0 Å². The van der Waals surface area contributed by atoms with Crippen molar-refractivity contribution in [2.75, 3.05) is 17.2 Å². The Hall–Kier alpha value is -3.28. The third-order valence-electron chi connectivity index (χ3n) is 4.81. The van der Waals surface area contributed by atoms with E-state index in [1.165, 1.54) is 12.1 Å². The number of carbonyl (C=O) groups is 1. The highest BCUT2D eigenvalue weighted by atomic mass is 19.4. The molecule has 4 rings (SSSR count). The van der Waals surface area contributed by atoms with E-state index in [2.05, 4.69) is 10.6 Å². The van der Waals surface area contributed by atoms with Gasteiger partial charge < -0.3 is 10.6 Å². The number of nitrogens with one attached hydrogen (secondary N) is 2. The summed E-state index contributed by atoms with van der Waals surface area (Å²) in [5, 5.41) is 6.21. The van der Waals surface area contributed by atoms with Gasteiger partial charge >= 0.3 is 6.18 Å². The topological polar surface area (TPSA) is 41.1 Å². The molecule has 0 aliphatic carbocycles. The number of amides is 1. The maximum absolute atomic E-state index is 12.9. The Balaban J connectivity index is 1.65. The minimum absolute atomic E-state index is 0.296. The summed E-state index contributed by atoms with van der Waals surface area (Å²) in [4.78, 5) is 12.9. The second-order valence-electron chi connectivity index (χ2n) is 6.58. The molecule has 1 aliphatic rings. The van der Waals surface area contributed by atoms with E-state index in [1.807, 2.05) is 18.2 Å². The van der Waals surface area contributed by atoms with E-state index in [1.54, 1.807) is 24.3 Å². The number of halogens is 3. The lowest BCUT2D eigenvalue weighted by molar-refractivity contribution is -0.137. The van der Waals surface area contributed by atoms with Crippen LogP contribution < -0.4 is 10.6 Å². The molecule has 0 bridgehead atoms. The van der Waals surface area contributed by atoms with Crippen LogP contribution in [0.1, 0.15) is 21.5 Å². The molecule has 0 fully saturated rings. The van der Waals surface area contributed by atoms with Crippen LogP contribution in [0.4, 0.5) is 24.5 Å². The van der Waals surface area contributed by atoms with Crippen molar-refractivity contribution in [3.63, 3.8) is 0 Å². The largest absolute Gasteiger partial charge is 0.416 e. The molecule has 0 saturated heterocycles. The van der Waals surface area contributed by atoms with Gasteiger partial charge in [0.15, 0.2) is 0 Å². The van der Waals surface area contributed by atoms with Gasteiger partial charge in [-0.3, -0.25) is 4.79 Å². The monoisotopic (exact) mass is 382 g/mol. The third kappa shape index (κ3) is 3.45. The van der Waals surface area contributed by atoms with Gasteiger partial charge in [-0.05, 0) is 47.9 Å². The van der Waals surface area contributed by atoms with Gasteiger partial charge in [0.2, 0.25) is 0 Å². The van der Waals surface area contributed by atoms with Crippen molar-refractivity contribution in [3.05, 3.63) is 83.4 Å². The second kappa shape index (κ2) is 7.03. The Morgan fingerprint density at radius 2 is 1.68 bits per heavy atom. The zero-order chi connectivity index (χ0) is 19.7. The van der Waals surface area contributed by atoms with Gasteiger partial charge in [-0.15, -0.1) is 0 Å². The minimum Gasteiger partial charge on any atom is -0.384 e. The fraction of sp³-hybridized carbons (Fsp3) is 0.136. The van der Waals surface area contributed by atoms with Crippen molar-refractivity contribution in [1.82, 2.24) is 0 Å². The minimum atomic E-state index is -4.39. The average Bonchev–Trinajstić information content (AvgIpc) is 3.17. The fourth-order valence-electron chi connectivity index (χ4n) is 3.42. The summed E-state index contributed by atoms with van der Waals surface area (Å²) >= 11 is 0. The van der Waals surface area contributed by atoms with E-state index in [9.17, 15) is 18.0 Å². The van der Waals surface area contributed by atoms with Crippen LogP contribution in [-0.2, 0) is 12.6 Å². The number of anilines is 2. The summed E-state index contributed by atoms with van der Waals surface area (Å²) in [7, 11) is 0. The summed E-state index contributed by atoms with van der Waals surface area (Å²) in [5.74, 6) is -0.296. The lowest BCUT2D eigenvalue weighted by atomic mass is 9.98. The third-order valence-corrected chi connectivity index (χ3v) is 4.81. The predicted octanol–water partition coefficient (Wildman–Crippen LogP) is 5.59. The van der Waals surface area contributed by atoms with E-state index < -0.39 is 11.7 Å². The van der Waals surface area contributed by atoms with Crippen molar-refractivity contribution in [2.45, 2.75) is 12.6 Å². The maximum atomic E-state index is 12.9. The zero-order valence-corrected chi connectivity index (χ0v) is 14.8. The summed E-state index contributed by atoms with van der Waals surface area (Å²) in [6.07, 6.45) is -3.57. The molecule has 3 aromatic carbocycles. The Morgan fingerprint density at radius 3 is 2.43 bits per heavy atom. The first kappa shape index (κ1) is 18.1. The Labute approximate surface area is 160 Å². The standard InChI is InChI=1S/C22H17F3N2O/c23-22(24,25)15-10-8-14(9-11-15)16-4-1-2-5-17(16)21(28)27-20-7-3-6-19-18(20)12-13-26-19/h1-11,26H,12-13H2,(H,27,28). The van der Waals surface area contributed by atoms with Crippen molar-refractivity contribution in [3.8, 4) is 11.1 Å². The SMILES string of the molecule is O=C(Nc1cccc2c1CCN2)c1ccccc1-c1ccc(C(F)(F)F)cc1. The van der Waals surface area contributed by atoms with Crippen molar-refractivity contribution < 1.29 is 18.0 Å². The quantitative estimate of drug-likeness (QED) is 0.620. The molecule has 3 aromatic rings. The van der Waals surface area contributed by atoms with Crippen molar-refractivity contribution in [1.29, 1.82) is 0 Å². The van der Waals surface area contributed by atoms with E-state index in [0.717, 1.165) is 42.0 Å². The van der Waals surface area contributed by atoms with Gasteiger partial charge in [0.1, 0.15) is 0 Å². The molecule has 0 radical (unpaired) electrons. The molecule has 3 nitrogen and oxygen atoms in total. The first-order valence-electron chi connectivity index (χ1n) is 8.87. The van der Waals surface area contributed by atoms with Crippen molar-refractivity contribution >= 4 is 17.3 Å². The van der Waals surface area contributed by atoms with Gasteiger partial charge in [-0.2, -0.15) is 13.2 Å². The fourth-order valence-corrected chi connectivity index (χ4v) is 3.42. The number of alkyl halides is 3. The summed E-state index contributed by atoms with van der Waals surface area (Å²) in [6.45, 7) is 0.824. The highest BCUT2D eigenvalue weighted by Crippen LogP contribution is 2.33. The van der Waals surface area contributed by atoms with Gasteiger partial charge in [0.05, 0.1) is 5.56 Å². The van der Waals surface area contributed by atoms with Crippen LogP contribution in [0.2, 0.25) is 0 Å². The van der Waals surface area contributed by atoms with Gasteiger partial charge in [-0.25, -0.2) is 0 Å². The van der Waals surface area contributed by atoms with Crippen LogP contribution in [0.3, 0.4) is 0 Å². The number of rotatable bonds is 3. The Kier molecular flexibility index (Phi) is 4.55. The zero-order valence-electron chi connectivity index (χ0n) is 14.8. The molecular weight excluding hydrogens is 365 g/mol. The van der Waals surface area contributed by atoms with Crippen LogP contribution in [0.25, 0.3) is 11.1 Å². The summed E-state index contributed by atoms with van der Waals surface area (Å²) < 4.78 is 38.4. The van der Waals surface area contributed by atoms with Crippen LogP contribution in [0.15, 0.2) is 66.7 Å². The molecule has 0 atom stereocenters. The molecule has 0 saturated carbocycles. The number of hydrogen-bond acceptors (Lipinski definition) is 2. The molecule has 0 aromatic heterocycles. The number of fused-ring (bicyclic) bond motifs is 1. The number of benzene rings is 3. The smallest absolute Gasteiger partial charge is 0.384 e. The van der Waals surface area contributed by atoms with E-state index in [-0.39, 0.29) is 5.91 Å². The predicted molar refractivity (Wildman–Crippen MR) is 103 cm³/mol. The highest BCUT2D eigenvalue weighted by Gasteiger charge is 2.30. The first-order chi connectivity index (χ1) is 13.4. The van der Waals surface area contributed by atoms with Crippen LogP contribution >= 0.6 is 0 Å². The molecule has 1 heterocycles. The molecule has 1 aliphatic heterocycles. The summed E-state index contributed by atoms with van der Waals surface area (Å²) in [5.41, 5.74) is 3.64. The Morgan fingerprint density at radius 1 is 0.929 bits per heavy atom. The molecule has 2 N–H and O–H groups in total. The summed E-state index contributed by atoms with van der Waals surface area (Å²) in [6, 6.07) is 17.4. The molecule has 28 heavy (non-hydrogen) atoms. The highest BCUT2D eigenvalue weighted by molar-refractivity contribution is 6.09. The van der Waals surface area contributed by atoms with Gasteiger partial charge in [0, 0.05) is 29.0 Å². The average molecular weight is 382 g/mol. The first-order valence-corrected chi connectivity index (χ1v) is 8.87. The van der Waals surface area contributed by atoms with Gasteiger partial charge in [-0.1, -0.05) is 36.4 Å². The van der Waals surface area contributed by atoms with E-state index in [0.29, 0.717) is 16.7 Å². The molecule has 1 amide bonds. The van der Waals surface area contributed by atoms with Crippen molar-refractivity contribution in [2.24, 2.45) is 0 Å². The molecule has 6 heteroatoms. The maximum Gasteiger partial charge on any atom is 0.416 e. The van der Waals surface area contributed by atoms with Crippen LogP contribution in [-0.4, -0.2) is 12.5 Å². The number of hydrogen-bond donors (Lipinski definition) is 2.